The summed E-state index contributed by atoms with van der Waals surface area (Å²) in [6.45, 7) is 6.96. The van der Waals surface area contributed by atoms with E-state index in [9.17, 15) is 24.3 Å². The second-order valence-corrected chi connectivity index (χ2v) is 13.8. The molecule has 1 aliphatic heterocycles. The molecule has 5 N–H and O–H groups in total. The molecule has 0 fully saturated rings. The van der Waals surface area contributed by atoms with Gasteiger partial charge in [0, 0.05) is 11.8 Å². The summed E-state index contributed by atoms with van der Waals surface area (Å²) >= 11 is 0. The molecule has 4 amide bonds. The summed E-state index contributed by atoms with van der Waals surface area (Å²) in [5.41, 5.74) is 8.46. The number of benzene rings is 4. The number of hydrogen-bond acceptors (Lipinski definition) is 8. The first-order valence-electron chi connectivity index (χ1n) is 17.6. The molecule has 1 heterocycles. The van der Waals surface area contributed by atoms with Crippen molar-refractivity contribution in [2.45, 2.75) is 71.4 Å². The summed E-state index contributed by atoms with van der Waals surface area (Å²) in [6, 6.07) is 28.3. The molecule has 5 rings (SSSR count). The van der Waals surface area contributed by atoms with Gasteiger partial charge in [0.15, 0.2) is 6.67 Å². The van der Waals surface area contributed by atoms with Gasteiger partial charge in [-0.2, -0.15) is 0 Å². The Kier molecular flexibility index (Phi) is 12.2. The van der Waals surface area contributed by atoms with Crippen molar-refractivity contribution in [3.63, 3.8) is 0 Å². The van der Waals surface area contributed by atoms with Crippen molar-refractivity contribution in [3.05, 3.63) is 126 Å². The van der Waals surface area contributed by atoms with Gasteiger partial charge in [-0.15, -0.1) is 4.48 Å². The van der Waals surface area contributed by atoms with Crippen LogP contribution in [0.2, 0.25) is 0 Å². The lowest BCUT2D eigenvalue weighted by atomic mass is 9.99. The maximum Gasteiger partial charge on any atom is 0.408 e. The summed E-state index contributed by atoms with van der Waals surface area (Å²) in [7, 11) is 0. The summed E-state index contributed by atoms with van der Waals surface area (Å²) < 4.78 is 4.76. The van der Waals surface area contributed by atoms with Gasteiger partial charge in [-0.3, -0.25) is 9.69 Å². The van der Waals surface area contributed by atoms with Gasteiger partial charge in [0.2, 0.25) is 5.91 Å². The Hall–Kier alpha value is -5.36. The van der Waals surface area contributed by atoms with Crippen LogP contribution < -0.4 is 21.3 Å². The third-order valence-corrected chi connectivity index (χ3v) is 9.17. The predicted molar refractivity (Wildman–Crippen MR) is 200 cm³/mol. The Balaban J connectivity index is 1.60. The molecular weight excluding hydrogens is 658 g/mol. The molecule has 4 aromatic rings. The van der Waals surface area contributed by atoms with Crippen LogP contribution in [0.4, 0.5) is 10.5 Å². The van der Waals surface area contributed by atoms with Gasteiger partial charge in [0.1, 0.15) is 24.9 Å². The molecule has 5 atom stereocenters. The second-order valence-electron chi connectivity index (χ2n) is 13.8. The fourth-order valence-electron chi connectivity index (χ4n) is 6.54. The van der Waals surface area contributed by atoms with Gasteiger partial charge in [0.25, 0.3) is 0 Å². The smallest absolute Gasteiger partial charge is 0.408 e. The number of amides is 4. The fourth-order valence-corrected chi connectivity index (χ4v) is 6.54. The minimum Gasteiger partial charge on any atom is -0.445 e. The highest BCUT2D eigenvalue weighted by Crippen LogP contribution is 2.38. The van der Waals surface area contributed by atoms with E-state index in [-0.39, 0.29) is 25.6 Å². The minimum absolute atomic E-state index is 0.0239. The largest absolute Gasteiger partial charge is 0.445 e. The highest BCUT2D eigenvalue weighted by atomic mass is 16.5. The molecule has 1 aliphatic rings. The molecule has 0 bridgehead atoms. The number of nitrogens with zero attached hydrogens (tertiary/aromatic N) is 2. The lowest BCUT2D eigenvalue weighted by Gasteiger charge is -2.30. The van der Waals surface area contributed by atoms with Crippen LogP contribution in [0.1, 0.15) is 56.5 Å². The van der Waals surface area contributed by atoms with Gasteiger partial charge in [-0.05, 0) is 55.3 Å². The molecule has 1 unspecified atom stereocenters. The zero-order chi connectivity index (χ0) is 37.4. The average Bonchev–Trinajstić information content (AvgIpc) is 3.52. The van der Waals surface area contributed by atoms with E-state index in [0.29, 0.717) is 23.4 Å². The van der Waals surface area contributed by atoms with Crippen molar-refractivity contribution in [2.24, 2.45) is 11.7 Å². The number of anilines is 1. The Morgan fingerprint density at radius 1 is 0.846 bits per heavy atom. The molecule has 52 heavy (non-hydrogen) atoms. The van der Waals surface area contributed by atoms with Crippen molar-refractivity contribution in [1.82, 2.24) is 10.6 Å². The molecule has 0 spiro atoms. The highest BCUT2D eigenvalue weighted by molar-refractivity contribution is 6.00. The Morgan fingerprint density at radius 2 is 1.48 bits per heavy atom. The number of aliphatic hydroxyl groups excluding tert-OH is 1. The number of nitrogens with one attached hydrogen (secondary N) is 2. The summed E-state index contributed by atoms with van der Waals surface area (Å²) in [5.74, 6) is -1.41. The SMILES string of the molecule is CC(C)C[C@H](NC(=O)[C@H](CC1=C[N+](C(=O)c2ccccc2)(C(=O)[C@H](C)N)CN1c1cccc2ccccc12)NC(=O)OCc1ccccc1)[C@H](C)O. The summed E-state index contributed by atoms with van der Waals surface area (Å²) in [6.07, 6.45) is 0.225. The molecule has 11 heteroatoms. The highest BCUT2D eigenvalue weighted by Gasteiger charge is 2.52. The monoisotopic (exact) mass is 706 g/mol. The third kappa shape index (κ3) is 8.74. The van der Waals surface area contributed by atoms with Crippen LogP contribution in [0.25, 0.3) is 10.8 Å². The van der Waals surface area contributed by atoms with Crippen LogP contribution in [0.3, 0.4) is 0 Å². The van der Waals surface area contributed by atoms with Crippen LogP contribution in [-0.2, 0) is 20.9 Å². The standard InChI is InChI=1S/C41H47N5O6/c1-27(2)22-35(29(4)47)43-38(48)36(44-41(51)52-25-30-14-7-5-8-15-30)23-33-24-46(39(49)28(3)42,40(50)32-17-9-6-10-18-32)26-45(33)37-21-13-19-31-16-11-12-20-34(31)37/h5-21,24,27-29,35-36,47H,22-23,25-26,42H2,1-4H3,(H-,43,44,48,51)/p+1/t28-,29-,35-,36-,46?/m0/s1. The number of carbonyl (C=O) groups is 4. The first kappa shape index (κ1) is 37.9. The first-order valence-corrected chi connectivity index (χ1v) is 17.6. The number of carbonyl (C=O) groups excluding carboxylic acids is 4. The van der Waals surface area contributed by atoms with Crippen molar-refractivity contribution in [3.8, 4) is 0 Å². The van der Waals surface area contributed by atoms with E-state index in [4.69, 9.17) is 10.5 Å². The lowest BCUT2D eigenvalue weighted by Crippen LogP contribution is -2.59. The first-order chi connectivity index (χ1) is 24.9. The zero-order valence-corrected chi connectivity index (χ0v) is 30.1. The summed E-state index contributed by atoms with van der Waals surface area (Å²) in [4.78, 5) is 58.0. The Labute approximate surface area is 304 Å². The number of nitrogens with two attached hydrogens (primary N) is 1. The number of ether oxygens (including phenoxy) is 1. The fraction of sp³-hybridized carbons (Fsp3) is 0.317. The summed E-state index contributed by atoms with van der Waals surface area (Å²) in [5, 5.41) is 18.0. The van der Waals surface area contributed by atoms with Crippen LogP contribution in [0.15, 0.2) is 115 Å². The van der Waals surface area contributed by atoms with Gasteiger partial charge in [0.05, 0.1) is 29.1 Å². The number of hydrogen-bond donors (Lipinski definition) is 4. The maximum absolute atomic E-state index is 14.5. The number of imide groups is 1. The van der Waals surface area contributed by atoms with E-state index in [1.807, 2.05) is 91.5 Å². The molecule has 11 nitrogen and oxygen atoms in total. The van der Waals surface area contributed by atoms with Crippen LogP contribution in [0, 0.1) is 5.92 Å². The maximum atomic E-state index is 14.5. The number of fused-ring (bicyclic) bond motifs is 1. The number of aliphatic hydroxyl groups is 1. The topological polar surface area (TPSA) is 151 Å². The van der Waals surface area contributed by atoms with Crippen LogP contribution in [0.5, 0.6) is 0 Å². The molecular formula is C41H48N5O6+. The van der Waals surface area contributed by atoms with E-state index < -0.39 is 52.5 Å². The van der Waals surface area contributed by atoms with Gasteiger partial charge in [-0.25, -0.2) is 14.4 Å². The van der Waals surface area contributed by atoms with Crippen molar-refractivity contribution < 1.29 is 33.5 Å². The van der Waals surface area contributed by atoms with Gasteiger partial charge in [-0.1, -0.05) is 98.8 Å². The molecule has 0 radical (unpaired) electrons. The predicted octanol–water partition coefficient (Wildman–Crippen LogP) is 5.59. The Morgan fingerprint density at radius 3 is 2.13 bits per heavy atom. The second kappa shape index (κ2) is 16.8. The molecule has 0 aliphatic carbocycles. The number of rotatable bonds is 13. The average molecular weight is 707 g/mol. The van der Waals surface area contributed by atoms with Crippen LogP contribution in [-0.4, -0.2) is 64.3 Å². The van der Waals surface area contributed by atoms with E-state index in [2.05, 4.69) is 10.6 Å². The normalized spacial score (nSPS) is 17.9. The lowest BCUT2D eigenvalue weighted by molar-refractivity contribution is -0.711. The van der Waals surface area contributed by atoms with Crippen molar-refractivity contribution in [1.29, 1.82) is 0 Å². The number of alkyl carbamates (subject to hydrolysis) is 1. The van der Waals surface area contributed by atoms with E-state index in [0.717, 1.165) is 16.3 Å². The Bertz CT molecular complexity index is 1910. The molecule has 272 valence electrons. The zero-order valence-electron chi connectivity index (χ0n) is 30.1. The van der Waals surface area contributed by atoms with Gasteiger partial charge >= 0.3 is 17.9 Å². The third-order valence-electron chi connectivity index (χ3n) is 9.17. The number of quaternary nitrogens is 1. The van der Waals surface area contributed by atoms with Crippen molar-refractivity contribution >= 4 is 40.3 Å². The van der Waals surface area contributed by atoms with E-state index >= 15 is 0 Å². The quantitative estimate of drug-likeness (QED) is 0.132. The van der Waals surface area contributed by atoms with Crippen LogP contribution >= 0.6 is 0 Å². The molecule has 0 saturated heterocycles. The molecule has 4 aromatic carbocycles. The van der Waals surface area contributed by atoms with E-state index in [1.165, 1.54) is 0 Å². The van der Waals surface area contributed by atoms with Gasteiger partial charge < -0.3 is 26.2 Å². The molecule has 0 aromatic heterocycles. The molecule has 0 saturated carbocycles. The van der Waals surface area contributed by atoms with E-state index in [1.54, 1.807) is 50.4 Å². The minimum atomic E-state index is -1.22. The van der Waals surface area contributed by atoms with Crippen molar-refractivity contribution in [2.75, 3.05) is 11.6 Å².